The summed E-state index contributed by atoms with van der Waals surface area (Å²) >= 11 is 2.73. The number of rotatable bonds is 9. The number of aryl methyl sites for hydroxylation is 1. The van der Waals surface area contributed by atoms with Gasteiger partial charge in [0.2, 0.25) is 11.8 Å². The SMILES string of the molecule is Cc1csc(NC(=O)C(Sc2cccc(NC(=O)CCC(=O)O)c2)c2ccccc2)n1. The number of benzene rings is 2. The lowest BCUT2D eigenvalue weighted by molar-refractivity contribution is -0.138. The van der Waals surface area contributed by atoms with Crippen molar-refractivity contribution in [2.45, 2.75) is 29.9 Å². The molecule has 0 saturated carbocycles. The van der Waals surface area contributed by atoms with Gasteiger partial charge in [0.05, 0.1) is 12.1 Å². The molecule has 9 heteroatoms. The van der Waals surface area contributed by atoms with Crippen LogP contribution in [0.1, 0.15) is 29.3 Å². The van der Waals surface area contributed by atoms with Gasteiger partial charge in [-0.25, -0.2) is 4.98 Å². The maximum Gasteiger partial charge on any atom is 0.303 e. The Balaban J connectivity index is 1.75. The molecule has 0 radical (unpaired) electrons. The zero-order valence-electron chi connectivity index (χ0n) is 16.7. The van der Waals surface area contributed by atoms with Gasteiger partial charge in [-0.1, -0.05) is 36.4 Å². The second-order valence-corrected chi connectivity index (χ2v) is 8.70. The fourth-order valence-electron chi connectivity index (χ4n) is 2.71. The highest BCUT2D eigenvalue weighted by molar-refractivity contribution is 8.00. The molecule has 0 bridgehead atoms. The molecule has 2 amide bonds. The van der Waals surface area contributed by atoms with E-state index in [0.717, 1.165) is 16.2 Å². The molecule has 2 aromatic carbocycles. The van der Waals surface area contributed by atoms with Crippen LogP contribution >= 0.6 is 23.1 Å². The Labute approximate surface area is 187 Å². The Hall–Kier alpha value is -3.17. The molecule has 0 fully saturated rings. The van der Waals surface area contributed by atoms with Crippen molar-refractivity contribution in [3.63, 3.8) is 0 Å². The van der Waals surface area contributed by atoms with Gasteiger partial charge in [-0.3, -0.25) is 14.4 Å². The highest BCUT2D eigenvalue weighted by Crippen LogP contribution is 2.37. The predicted octanol–water partition coefficient (Wildman–Crippen LogP) is 4.73. The molecule has 0 aliphatic carbocycles. The number of anilines is 2. The molecular formula is C22H21N3O4S2. The molecule has 160 valence electrons. The number of carboxylic acids is 1. The fourth-order valence-corrected chi connectivity index (χ4v) is 4.48. The number of aliphatic carboxylic acids is 1. The molecule has 3 N–H and O–H groups in total. The lowest BCUT2D eigenvalue weighted by Crippen LogP contribution is -2.19. The minimum Gasteiger partial charge on any atom is -0.481 e. The third-order valence-electron chi connectivity index (χ3n) is 4.13. The van der Waals surface area contributed by atoms with Gasteiger partial charge in [-0.2, -0.15) is 0 Å². The summed E-state index contributed by atoms with van der Waals surface area (Å²) in [4.78, 5) is 40.7. The number of aromatic nitrogens is 1. The van der Waals surface area contributed by atoms with Crippen LogP contribution in [0.3, 0.4) is 0 Å². The first kappa shape index (κ1) is 22.5. The van der Waals surface area contributed by atoms with E-state index in [-0.39, 0.29) is 24.7 Å². The van der Waals surface area contributed by atoms with Gasteiger partial charge in [0.25, 0.3) is 0 Å². The topological polar surface area (TPSA) is 108 Å². The third kappa shape index (κ3) is 6.94. The number of amides is 2. The van der Waals surface area contributed by atoms with Crippen LogP contribution < -0.4 is 10.6 Å². The lowest BCUT2D eigenvalue weighted by atomic mass is 10.1. The van der Waals surface area contributed by atoms with Gasteiger partial charge in [-0.15, -0.1) is 23.1 Å². The molecule has 0 saturated heterocycles. The summed E-state index contributed by atoms with van der Waals surface area (Å²) in [5.41, 5.74) is 2.23. The van der Waals surface area contributed by atoms with E-state index < -0.39 is 11.2 Å². The van der Waals surface area contributed by atoms with Gasteiger partial charge in [0.1, 0.15) is 5.25 Å². The quantitative estimate of drug-likeness (QED) is 0.403. The van der Waals surface area contributed by atoms with E-state index in [4.69, 9.17) is 5.11 Å². The first-order chi connectivity index (χ1) is 14.9. The average molecular weight is 456 g/mol. The summed E-state index contributed by atoms with van der Waals surface area (Å²) in [5, 5.41) is 16.2. The van der Waals surface area contributed by atoms with Crippen molar-refractivity contribution < 1.29 is 19.5 Å². The maximum absolute atomic E-state index is 13.0. The molecule has 7 nitrogen and oxygen atoms in total. The molecular weight excluding hydrogens is 434 g/mol. The van der Waals surface area contributed by atoms with Gasteiger partial charge in [-0.05, 0) is 30.7 Å². The van der Waals surface area contributed by atoms with E-state index in [1.54, 1.807) is 18.2 Å². The molecule has 3 rings (SSSR count). The zero-order valence-corrected chi connectivity index (χ0v) is 18.3. The van der Waals surface area contributed by atoms with Crippen molar-refractivity contribution in [3.8, 4) is 0 Å². The minimum absolute atomic E-state index is 0.102. The van der Waals surface area contributed by atoms with Crippen molar-refractivity contribution in [1.82, 2.24) is 4.98 Å². The molecule has 31 heavy (non-hydrogen) atoms. The average Bonchev–Trinajstić information content (AvgIpc) is 3.16. The van der Waals surface area contributed by atoms with Crippen molar-refractivity contribution >= 4 is 51.7 Å². The molecule has 3 aromatic rings. The van der Waals surface area contributed by atoms with Crippen LogP contribution in [0, 0.1) is 6.92 Å². The van der Waals surface area contributed by atoms with E-state index in [1.165, 1.54) is 23.1 Å². The van der Waals surface area contributed by atoms with Crippen LogP contribution in [0.25, 0.3) is 0 Å². The van der Waals surface area contributed by atoms with Crippen molar-refractivity contribution in [1.29, 1.82) is 0 Å². The van der Waals surface area contributed by atoms with E-state index in [9.17, 15) is 14.4 Å². The van der Waals surface area contributed by atoms with Crippen molar-refractivity contribution in [2.24, 2.45) is 0 Å². The summed E-state index contributed by atoms with van der Waals surface area (Å²) in [6.45, 7) is 1.87. The highest BCUT2D eigenvalue weighted by Gasteiger charge is 2.23. The molecule has 0 aliphatic rings. The highest BCUT2D eigenvalue weighted by atomic mass is 32.2. The molecule has 0 spiro atoms. The monoisotopic (exact) mass is 455 g/mol. The van der Waals surface area contributed by atoms with Gasteiger partial charge < -0.3 is 15.7 Å². The van der Waals surface area contributed by atoms with Gasteiger partial charge in [0, 0.05) is 22.4 Å². The minimum atomic E-state index is -1.02. The Morgan fingerprint density at radius 3 is 2.52 bits per heavy atom. The van der Waals surface area contributed by atoms with Gasteiger partial charge in [0.15, 0.2) is 5.13 Å². The van der Waals surface area contributed by atoms with Crippen LogP contribution in [0.5, 0.6) is 0 Å². The van der Waals surface area contributed by atoms with Crippen molar-refractivity contribution in [2.75, 3.05) is 10.6 Å². The summed E-state index contributed by atoms with van der Waals surface area (Å²) in [5.74, 6) is -1.59. The molecule has 1 unspecified atom stereocenters. The van der Waals surface area contributed by atoms with Crippen LogP contribution in [0.2, 0.25) is 0 Å². The first-order valence-corrected chi connectivity index (χ1v) is 11.2. The van der Waals surface area contributed by atoms with Crippen LogP contribution in [-0.2, 0) is 14.4 Å². The summed E-state index contributed by atoms with van der Waals surface area (Å²) in [6, 6.07) is 16.5. The van der Waals surface area contributed by atoms with Crippen LogP contribution in [0.4, 0.5) is 10.8 Å². The number of carboxylic acid groups (broad SMARTS) is 1. The van der Waals surface area contributed by atoms with E-state index in [0.29, 0.717) is 10.8 Å². The Morgan fingerprint density at radius 1 is 1.06 bits per heavy atom. The molecule has 0 aliphatic heterocycles. The van der Waals surface area contributed by atoms with Gasteiger partial charge >= 0.3 is 5.97 Å². The number of carbonyl (C=O) groups is 3. The van der Waals surface area contributed by atoms with E-state index in [1.807, 2.05) is 48.7 Å². The number of thioether (sulfide) groups is 1. The first-order valence-electron chi connectivity index (χ1n) is 9.47. The number of nitrogens with one attached hydrogen (secondary N) is 2. The number of nitrogens with zero attached hydrogens (tertiary/aromatic N) is 1. The Morgan fingerprint density at radius 2 is 1.84 bits per heavy atom. The number of carbonyl (C=O) groups excluding carboxylic acids is 2. The van der Waals surface area contributed by atoms with Crippen LogP contribution in [0.15, 0.2) is 64.9 Å². The Bertz CT molecular complexity index is 1070. The third-order valence-corrected chi connectivity index (χ3v) is 6.25. The summed E-state index contributed by atoms with van der Waals surface area (Å²) in [7, 11) is 0. The smallest absolute Gasteiger partial charge is 0.303 e. The summed E-state index contributed by atoms with van der Waals surface area (Å²) < 4.78 is 0. The predicted molar refractivity (Wildman–Crippen MR) is 122 cm³/mol. The molecule has 1 aromatic heterocycles. The number of hydrogen-bond acceptors (Lipinski definition) is 6. The molecule has 1 heterocycles. The number of thiazole rings is 1. The Kier molecular flexibility index (Phi) is 7.80. The normalized spacial score (nSPS) is 11.5. The molecule has 1 atom stereocenters. The zero-order chi connectivity index (χ0) is 22.2. The van der Waals surface area contributed by atoms with Crippen molar-refractivity contribution in [3.05, 3.63) is 71.2 Å². The second kappa shape index (κ2) is 10.7. The lowest BCUT2D eigenvalue weighted by Gasteiger charge is -2.17. The fraction of sp³-hybridized carbons (Fsp3) is 0.182. The number of hydrogen-bond donors (Lipinski definition) is 3. The summed E-state index contributed by atoms with van der Waals surface area (Å²) in [6.07, 6.45) is -0.332. The standard InChI is InChI=1S/C22H21N3O4S2/c1-14-13-30-22(23-14)25-21(29)20(15-6-3-2-4-7-15)31-17-9-5-8-16(12-17)24-18(26)10-11-19(27)28/h2-9,12-13,20H,10-11H2,1H3,(H,24,26)(H,27,28)(H,23,25,29). The van der Waals surface area contributed by atoms with E-state index >= 15 is 0 Å². The van der Waals surface area contributed by atoms with E-state index in [2.05, 4.69) is 15.6 Å². The largest absolute Gasteiger partial charge is 0.481 e. The van der Waals surface area contributed by atoms with Crippen LogP contribution in [-0.4, -0.2) is 27.9 Å². The maximum atomic E-state index is 13.0. The second-order valence-electron chi connectivity index (χ2n) is 6.66.